The molecule has 4 heteroatoms. The van der Waals surface area contributed by atoms with Gasteiger partial charge >= 0.3 is 0 Å². The predicted octanol–water partition coefficient (Wildman–Crippen LogP) is 5.04. The van der Waals surface area contributed by atoms with Crippen molar-refractivity contribution in [2.24, 2.45) is 0 Å². The zero-order valence-corrected chi connectivity index (χ0v) is 14.0. The molecule has 0 atom stereocenters. The van der Waals surface area contributed by atoms with Gasteiger partial charge in [0, 0.05) is 17.3 Å². The van der Waals surface area contributed by atoms with Gasteiger partial charge in [0.05, 0.1) is 4.47 Å². The second kappa shape index (κ2) is 7.40. The lowest BCUT2D eigenvalue weighted by Gasteiger charge is -2.12. The molecule has 108 valence electrons. The second-order valence-corrected chi connectivity index (χ2v) is 5.79. The molecule has 0 aliphatic rings. The number of nitrogens with one attached hydrogen (secondary N) is 1. The molecule has 0 saturated heterocycles. The highest BCUT2D eigenvalue weighted by atomic mass is 79.9. The van der Waals surface area contributed by atoms with Crippen LogP contribution in [0.25, 0.3) is 0 Å². The third-order valence-corrected chi connectivity index (χ3v) is 4.09. The Morgan fingerprint density at radius 3 is 2.86 bits per heavy atom. The Labute approximate surface area is 138 Å². The molecule has 0 aliphatic heterocycles. The number of halogens is 2. The van der Waals surface area contributed by atoms with E-state index in [2.05, 4.69) is 27.2 Å². The first-order chi connectivity index (χ1) is 10.1. The number of hydrogen-bond acceptors (Lipinski definition) is 2. The minimum Gasteiger partial charge on any atom is -0.480 e. The van der Waals surface area contributed by atoms with Gasteiger partial charge in [-0.2, -0.15) is 0 Å². The molecule has 0 bridgehead atoms. The zero-order chi connectivity index (χ0) is 15.2. The Kier molecular flexibility index (Phi) is 5.55. The lowest BCUT2D eigenvalue weighted by atomic mass is 10.1. The third kappa shape index (κ3) is 4.17. The molecule has 0 aromatic heterocycles. The molecule has 2 nitrogen and oxygen atoms in total. The smallest absolute Gasteiger partial charge is 0.148 e. The van der Waals surface area contributed by atoms with Crippen LogP contribution in [0.1, 0.15) is 11.1 Å². The highest BCUT2D eigenvalue weighted by molar-refractivity contribution is 9.10. The lowest BCUT2D eigenvalue weighted by Crippen LogP contribution is -2.02. The number of benzene rings is 2. The summed E-state index contributed by atoms with van der Waals surface area (Å²) in [5.74, 6) is 3.19. The van der Waals surface area contributed by atoms with Gasteiger partial charge in [-0.05, 0) is 58.2 Å². The summed E-state index contributed by atoms with van der Waals surface area (Å²) in [7, 11) is 0. The summed E-state index contributed by atoms with van der Waals surface area (Å²) in [6.07, 6.45) is 5.18. The highest BCUT2D eigenvalue weighted by Gasteiger charge is 2.04. The Morgan fingerprint density at radius 2 is 2.14 bits per heavy atom. The Bertz CT molecular complexity index is 679. The summed E-state index contributed by atoms with van der Waals surface area (Å²) in [6, 6.07) is 11.8. The largest absolute Gasteiger partial charge is 0.480 e. The molecule has 0 amide bonds. The van der Waals surface area contributed by atoms with Crippen molar-refractivity contribution < 1.29 is 4.74 Å². The molecular weight excluding hydrogens is 350 g/mol. The van der Waals surface area contributed by atoms with Crippen molar-refractivity contribution in [2.75, 3.05) is 11.9 Å². The average molecular weight is 365 g/mol. The molecule has 0 unspecified atom stereocenters. The van der Waals surface area contributed by atoms with Crippen molar-refractivity contribution in [2.45, 2.75) is 13.5 Å². The van der Waals surface area contributed by atoms with Crippen molar-refractivity contribution in [1.29, 1.82) is 0 Å². The van der Waals surface area contributed by atoms with Gasteiger partial charge in [0.25, 0.3) is 0 Å². The fourth-order valence-electron chi connectivity index (χ4n) is 1.89. The fourth-order valence-corrected chi connectivity index (χ4v) is 2.60. The average Bonchev–Trinajstić information content (AvgIpc) is 2.48. The van der Waals surface area contributed by atoms with Crippen LogP contribution in [-0.4, -0.2) is 6.61 Å². The Morgan fingerprint density at radius 1 is 1.33 bits per heavy atom. The zero-order valence-electron chi connectivity index (χ0n) is 11.6. The van der Waals surface area contributed by atoms with Crippen molar-refractivity contribution >= 4 is 33.2 Å². The molecule has 0 radical (unpaired) electrons. The van der Waals surface area contributed by atoms with E-state index in [4.69, 9.17) is 22.8 Å². The van der Waals surface area contributed by atoms with E-state index in [1.165, 1.54) is 0 Å². The molecule has 0 heterocycles. The van der Waals surface area contributed by atoms with Crippen LogP contribution >= 0.6 is 27.5 Å². The van der Waals surface area contributed by atoms with Crippen LogP contribution in [0, 0.1) is 19.3 Å². The molecule has 2 rings (SSSR count). The van der Waals surface area contributed by atoms with Crippen molar-refractivity contribution in [3.05, 3.63) is 57.0 Å². The number of hydrogen-bond donors (Lipinski definition) is 1. The van der Waals surface area contributed by atoms with Crippen molar-refractivity contribution in [3.8, 4) is 18.1 Å². The van der Waals surface area contributed by atoms with Crippen LogP contribution in [0.2, 0.25) is 5.02 Å². The van der Waals surface area contributed by atoms with E-state index in [1.807, 2.05) is 43.3 Å². The quantitative estimate of drug-likeness (QED) is 0.751. The van der Waals surface area contributed by atoms with E-state index >= 15 is 0 Å². The topological polar surface area (TPSA) is 21.3 Å². The molecule has 2 aromatic carbocycles. The molecule has 0 aliphatic carbocycles. The fraction of sp³-hybridized carbons (Fsp3) is 0.176. The van der Waals surface area contributed by atoms with Crippen LogP contribution in [0.15, 0.2) is 40.9 Å². The minimum atomic E-state index is 0.262. The van der Waals surface area contributed by atoms with Crippen molar-refractivity contribution in [3.63, 3.8) is 0 Å². The molecule has 2 aromatic rings. The Balaban J connectivity index is 2.05. The standard InChI is InChI=1S/C17H15BrClNO/c1-3-9-21-17-8-7-13(10-14(17)18)11-20-16-6-4-5-15(19)12(16)2/h1,4-8,10,20H,9,11H2,2H3. The van der Waals surface area contributed by atoms with Gasteiger partial charge in [0.1, 0.15) is 12.4 Å². The number of terminal acetylenes is 1. The molecule has 0 saturated carbocycles. The van der Waals surface area contributed by atoms with E-state index < -0.39 is 0 Å². The van der Waals surface area contributed by atoms with Gasteiger partial charge < -0.3 is 10.1 Å². The monoisotopic (exact) mass is 363 g/mol. The minimum absolute atomic E-state index is 0.262. The summed E-state index contributed by atoms with van der Waals surface area (Å²) in [5.41, 5.74) is 3.22. The predicted molar refractivity (Wildman–Crippen MR) is 92.0 cm³/mol. The van der Waals surface area contributed by atoms with E-state index in [0.29, 0.717) is 6.54 Å². The van der Waals surface area contributed by atoms with Crippen LogP contribution in [0.3, 0.4) is 0 Å². The number of anilines is 1. The van der Waals surface area contributed by atoms with Gasteiger partial charge in [-0.3, -0.25) is 0 Å². The van der Waals surface area contributed by atoms with Gasteiger partial charge in [0.15, 0.2) is 0 Å². The van der Waals surface area contributed by atoms with Crippen LogP contribution < -0.4 is 10.1 Å². The molecule has 0 spiro atoms. The van der Waals surface area contributed by atoms with Crippen LogP contribution in [-0.2, 0) is 6.54 Å². The lowest BCUT2D eigenvalue weighted by molar-refractivity contribution is 0.368. The van der Waals surface area contributed by atoms with E-state index in [9.17, 15) is 0 Å². The van der Waals surface area contributed by atoms with Crippen LogP contribution in [0.4, 0.5) is 5.69 Å². The summed E-state index contributed by atoms with van der Waals surface area (Å²) in [6.45, 7) is 2.96. The molecule has 21 heavy (non-hydrogen) atoms. The third-order valence-electron chi connectivity index (χ3n) is 3.06. The van der Waals surface area contributed by atoms with E-state index in [0.717, 1.165) is 32.1 Å². The molecular formula is C17H15BrClNO. The van der Waals surface area contributed by atoms with Gasteiger partial charge in [-0.25, -0.2) is 0 Å². The molecule has 1 N–H and O–H groups in total. The second-order valence-electron chi connectivity index (χ2n) is 4.52. The SMILES string of the molecule is C#CCOc1ccc(CNc2cccc(Cl)c2C)cc1Br. The summed E-state index contributed by atoms with van der Waals surface area (Å²) < 4.78 is 6.31. The highest BCUT2D eigenvalue weighted by Crippen LogP contribution is 2.27. The first kappa shape index (κ1) is 15.8. The maximum absolute atomic E-state index is 6.11. The summed E-state index contributed by atoms with van der Waals surface area (Å²) in [5, 5.41) is 4.14. The van der Waals surface area contributed by atoms with E-state index in [1.54, 1.807) is 0 Å². The van der Waals surface area contributed by atoms with Gasteiger partial charge in [-0.1, -0.05) is 29.7 Å². The summed E-state index contributed by atoms with van der Waals surface area (Å²) in [4.78, 5) is 0. The van der Waals surface area contributed by atoms with Gasteiger partial charge in [-0.15, -0.1) is 6.42 Å². The first-order valence-electron chi connectivity index (χ1n) is 6.45. The first-order valence-corrected chi connectivity index (χ1v) is 7.62. The van der Waals surface area contributed by atoms with Gasteiger partial charge in [0.2, 0.25) is 0 Å². The van der Waals surface area contributed by atoms with Crippen molar-refractivity contribution in [1.82, 2.24) is 0 Å². The molecule has 0 fully saturated rings. The maximum Gasteiger partial charge on any atom is 0.148 e. The maximum atomic E-state index is 6.11. The van der Waals surface area contributed by atoms with Crippen LogP contribution in [0.5, 0.6) is 5.75 Å². The summed E-state index contributed by atoms with van der Waals surface area (Å²) >= 11 is 9.60. The normalized spacial score (nSPS) is 10.0. The Hall–Kier alpha value is -1.63. The van der Waals surface area contributed by atoms with E-state index in [-0.39, 0.29) is 6.61 Å². The number of ether oxygens (including phenoxy) is 1. The number of rotatable bonds is 5.